The summed E-state index contributed by atoms with van der Waals surface area (Å²) in [5.74, 6) is -2.39. The van der Waals surface area contributed by atoms with Gasteiger partial charge in [0.2, 0.25) is 0 Å². The van der Waals surface area contributed by atoms with Crippen molar-refractivity contribution in [3.8, 4) is 22.5 Å². The molecule has 1 aromatic carbocycles. The molecule has 0 amide bonds. The number of pyridine rings is 1. The third-order valence-electron chi connectivity index (χ3n) is 4.77. The highest BCUT2D eigenvalue weighted by Crippen LogP contribution is 2.36. The van der Waals surface area contributed by atoms with Gasteiger partial charge < -0.3 is 14.8 Å². The zero-order valence-electron chi connectivity index (χ0n) is 14.1. The van der Waals surface area contributed by atoms with E-state index >= 15 is 4.39 Å². The van der Waals surface area contributed by atoms with Crippen LogP contribution in [0.5, 0.6) is 0 Å². The van der Waals surface area contributed by atoms with Crippen molar-refractivity contribution in [2.24, 2.45) is 0 Å². The maximum absolute atomic E-state index is 15.3. The number of H-pyrrole nitrogens is 2. The minimum Gasteiger partial charge on any atom is -0.379 e. The molecule has 28 heavy (non-hydrogen) atoms. The maximum Gasteiger partial charge on any atom is 0.439 e. The summed E-state index contributed by atoms with van der Waals surface area (Å²) in [5, 5.41) is 13.9. The fourth-order valence-electron chi connectivity index (χ4n) is 3.28. The lowest BCUT2D eigenvalue weighted by Gasteiger charge is -2.35. The van der Waals surface area contributed by atoms with Crippen LogP contribution in [0.15, 0.2) is 39.9 Å². The lowest BCUT2D eigenvalue weighted by molar-refractivity contribution is -0.186. The van der Waals surface area contributed by atoms with Crippen LogP contribution < -0.4 is 5.76 Å². The standard InChI is InChI=1S/C18H12F2N4O4/c19-10-3-11-14(9(5-21-11)16-23-17(25)28-24-16)15(20)13(10)8-1-2-12(22-4-8)18(26)6-27-7-18/h1-5,21,26H,6-7H2,(H,23,24,25). The van der Waals surface area contributed by atoms with Gasteiger partial charge in [0, 0.05) is 28.9 Å². The molecule has 4 aromatic rings. The van der Waals surface area contributed by atoms with E-state index in [1.807, 2.05) is 0 Å². The molecule has 0 aliphatic carbocycles. The number of nitrogens with zero attached hydrogens (tertiary/aromatic N) is 2. The molecule has 0 atom stereocenters. The van der Waals surface area contributed by atoms with Crippen LogP contribution in [-0.2, 0) is 10.3 Å². The Bertz CT molecular complexity index is 1260. The van der Waals surface area contributed by atoms with Crippen molar-refractivity contribution in [1.82, 2.24) is 20.1 Å². The molecular weight excluding hydrogens is 374 g/mol. The number of aromatic amines is 2. The van der Waals surface area contributed by atoms with Gasteiger partial charge in [-0.15, -0.1) is 0 Å². The molecule has 0 radical (unpaired) electrons. The predicted molar refractivity (Wildman–Crippen MR) is 92.3 cm³/mol. The van der Waals surface area contributed by atoms with Crippen molar-refractivity contribution in [1.29, 1.82) is 0 Å². The van der Waals surface area contributed by atoms with Crippen molar-refractivity contribution in [3.05, 3.63) is 58.5 Å². The van der Waals surface area contributed by atoms with Crippen molar-refractivity contribution in [2.75, 3.05) is 13.2 Å². The number of aromatic nitrogens is 4. The Morgan fingerprint density at radius 2 is 2.07 bits per heavy atom. The minimum absolute atomic E-state index is 0.0217. The Hall–Kier alpha value is -3.37. The Morgan fingerprint density at radius 1 is 1.25 bits per heavy atom. The molecule has 5 rings (SSSR count). The van der Waals surface area contributed by atoms with Crippen LogP contribution in [0.4, 0.5) is 8.78 Å². The summed E-state index contributed by atoms with van der Waals surface area (Å²) in [4.78, 5) is 20.4. The van der Waals surface area contributed by atoms with Gasteiger partial charge in [0.1, 0.15) is 11.6 Å². The third kappa shape index (κ3) is 2.38. The van der Waals surface area contributed by atoms with Gasteiger partial charge >= 0.3 is 5.76 Å². The fourth-order valence-corrected chi connectivity index (χ4v) is 3.28. The van der Waals surface area contributed by atoms with Crippen LogP contribution >= 0.6 is 0 Å². The Labute approximate surface area is 154 Å². The second kappa shape index (κ2) is 5.81. The molecule has 0 bridgehead atoms. The molecule has 0 unspecified atom stereocenters. The van der Waals surface area contributed by atoms with Gasteiger partial charge in [0.15, 0.2) is 11.4 Å². The first-order valence-electron chi connectivity index (χ1n) is 8.29. The number of fused-ring (bicyclic) bond motifs is 1. The highest BCUT2D eigenvalue weighted by molar-refractivity contribution is 5.97. The summed E-state index contributed by atoms with van der Waals surface area (Å²) in [6, 6.07) is 4.14. The first-order valence-corrected chi connectivity index (χ1v) is 8.29. The topological polar surface area (TPSA) is 117 Å². The van der Waals surface area contributed by atoms with E-state index in [9.17, 15) is 14.3 Å². The van der Waals surface area contributed by atoms with E-state index in [1.165, 1.54) is 24.5 Å². The maximum atomic E-state index is 15.3. The molecule has 142 valence electrons. The second-order valence-electron chi connectivity index (χ2n) is 6.57. The number of rotatable bonds is 3. The molecule has 0 spiro atoms. The molecule has 1 aliphatic heterocycles. The van der Waals surface area contributed by atoms with Gasteiger partial charge in [-0.3, -0.25) is 14.5 Å². The number of hydrogen-bond acceptors (Lipinski definition) is 6. The van der Waals surface area contributed by atoms with E-state index in [-0.39, 0.29) is 46.6 Å². The van der Waals surface area contributed by atoms with Gasteiger partial charge in [-0.25, -0.2) is 13.6 Å². The molecule has 3 aromatic heterocycles. The largest absolute Gasteiger partial charge is 0.439 e. The SMILES string of the molecule is O=c1[nH]c(-c2c[nH]c3cc(F)c(-c4ccc(C5(O)COC5)nc4)c(F)c23)no1. The van der Waals surface area contributed by atoms with Crippen molar-refractivity contribution in [3.63, 3.8) is 0 Å². The lowest BCUT2D eigenvalue weighted by atomic mass is 9.95. The number of aliphatic hydroxyl groups is 1. The summed E-state index contributed by atoms with van der Waals surface area (Å²) in [6.45, 7) is 0.243. The monoisotopic (exact) mass is 386 g/mol. The average molecular weight is 386 g/mol. The van der Waals surface area contributed by atoms with Crippen LogP contribution in [-0.4, -0.2) is 38.4 Å². The van der Waals surface area contributed by atoms with Crippen molar-refractivity contribution in [2.45, 2.75) is 5.60 Å². The summed E-state index contributed by atoms with van der Waals surface area (Å²) in [7, 11) is 0. The van der Waals surface area contributed by atoms with E-state index in [0.717, 1.165) is 6.07 Å². The number of ether oxygens (including phenoxy) is 1. The third-order valence-corrected chi connectivity index (χ3v) is 4.77. The van der Waals surface area contributed by atoms with Crippen LogP contribution in [0.2, 0.25) is 0 Å². The molecule has 1 saturated heterocycles. The first kappa shape index (κ1) is 16.8. The van der Waals surface area contributed by atoms with E-state index in [1.54, 1.807) is 0 Å². The molecule has 8 nitrogen and oxygen atoms in total. The summed E-state index contributed by atoms with van der Waals surface area (Å²) in [6.07, 6.45) is 2.70. The molecule has 0 saturated carbocycles. The van der Waals surface area contributed by atoms with E-state index in [2.05, 4.69) is 24.6 Å². The zero-order valence-corrected chi connectivity index (χ0v) is 14.1. The smallest absolute Gasteiger partial charge is 0.379 e. The summed E-state index contributed by atoms with van der Waals surface area (Å²) >= 11 is 0. The van der Waals surface area contributed by atoms with Crippen LogP contribution in [0, 0.1) is 11.6 Å². The molecule has 4 heterocycles. The second-order valence-corrected chi connectivity index (χ2v) is 6.57. The highest BCUT2D eigenvalue weighted by atomic mass is 19.1. The van der Waals surface area contributed by atoms with E-state index < -0.39 is 23.0 Å². The number of halogens is 2. The van der Waals surface area contributed by atoms with Gasteiger partial charge in [-0.1, -0.05) is 11.2 Å². The predicted octanol–water partition coefficient (Wildman–Crippen LogP) is 2.07. The van der Waals surface area contributed by atoms with Gasteiger partial charge in [-0.05, 0) is 12.1 Å². The Balaban J connectivity index is 1.66. The molecule has 10 heteroatoms. The van der Waals surface area contributed by atoms with E-state index in [4.69, 9.17) is 4.74 Å². The highest BCUT2D eigenvalue weighted by Gasteiger charge is 2.39. The van der Waals surface area contributed by atoms with E-state index in [0.29, 0.717) is 5.69 Å². The van der Waals surface area contributed by atoms with Crippen molar-refractivity contribution < 1.29 is 23.1 Å². The Kier molecular flexibility index (Phi) is 3.48. The average Bonchev–Trinajstić information content (AvgIpc) is 3.26. The number of nitrogens with one attached hydrogen (secondary N) is 2. The normalized spacial score (nSPS) is 15.7. The lowest BCUT2D eigenvalue weighted by Crippen LogP contribution is -2.47. The summed E-state index contributed by atoms with van der Waals surface area (Å²) < 4.78 is 39.4. The summed E-state index contributed by atoms with van der Waals surface area (Å²) in [5.41, 5.74) is -0.466. The first-order chi connectivity index (χ1) is 13.5. The van der Waals surface area contributed by atoms with Crippen LogP contribution in [0.1, 0.15) is 5.69 Å². The van der Waals surface area contributed by atoms with Crippen LogP contribution in [0.25, 0.3) is 33.4 Å². The number of benzene rings is 1. The van der Waals surface area contributed by atoms with Gasteiger partial charge in [0.05, 0.1) is 30.0 Å². The Morgan fingerprint density at radius 3 is 2.68 bits per heavy atom. The van der Waals surface area contributed by atoms with Gasteiger partial charge in [0.25, 0.3) is 0 Å². The minimum atomic E-state index is -1.17. The molecular formula is C18H12F2N4O4. The van der Waals surface area contributed by atoms with Crippen LogP contribution in [0.3, 0.4) is 0 Å². The quantitative estimate of drug-likeness (QED) is 0.496. The zero-order chi connectivity index (χ0) is 19.5. The fraction of sp³-hybridized carbons (Fsp3) is 0.167. The van der Waals surface area contributed by atoms with Crippen molar-refractivity contribution >= 4 is 10.9 Å². The molecule has 3 N–H and O–H groups in total. The number of hydrogen-bond donors (Lipinski definition) is 3. The molecule has 1 fully saturated rings. The molecule has 1 aliphatic rings. The van der Waals surface area contributed by atoms with Gasteiger partial charge in [-0.2, -0.15) is 0 Å².